The number of hydrogen-bond donors (Lipinski definition) is 1. The summed E-state index contributed by atoms with van der Waals surface area (Å²) < 4.78 is 0. The maximum absolute atomic E-state index is 12.4. The van der Waals surface area contributed by atoms with Crippen molar-refractivity contribution in [2.24, 2.45) is 34.5 Å². The van der Waals surface area contributed by atoms with Crippen LogP contribution in [0.4, 0.5) is 0 Å². The van der Waals surface area contributed by atoms with E-state index in [1.807, 2.05) is 0 Å². The van der Waals surface area contributed by atoms with Crippen molar-refractivity contribution in [3.63, 3.8) is 0 Å². The lowest BCUT2D eigenvalue weighted by atomic mass is 9.47. The van der Waals surface area contributed by atoms with Gasteiger partial charge in [-0.15, -0.1) is 0 Å². The Morgan fingerprint density at radius 2 is 1.91 bits per heavy atom. The lowest BCUT2D eigenvalue weighted by Crippen LogP contribution is -2.53. The quantitative estimate of drug-likeness (QED) is 0.693. The molecule has 0 aliphatic heterocycles. The highest BCUT2D eigenvalue weighted by molar-refractivity contribution is 6.45. The first-order valence-corrected chi connectivity index (χ1v) is 8.82. The van der Waals surface area contributed by atoms with E-state index in [2.05, 4.69) is 32.9 Å². The van der Waals surface area contributed by atoms with Gasteiger partial charge in [-0.05, 0) is 50.0 Å². The highest BCUT2D eigenvalue weighted by Gasteiger charge is 2.60. The van der Waals surface area contributed by atoms with Crippen LogP contribution in [0.1, 0.15) is 46.5 Å². The predicted molar refractivity (Wildman–Crippen MR) is 89.3 cm³/mol. The molecule has 1 unspecified atom stereocenters. The van der Waals surface area contributed by atoms with Crippen LogP contribution < -0.4 is 0 Å². The van der Waals surface area contributed by atoms with E-state index in [0.717, 1.165) is 31.3 Å². The molecule has 4 rings (SSSR count). The molecule has 3 nitrogen and oxygen atoms in total. The Morgan fingerprint density at radius 1 is 1.17 bits per heavy atom. The summed E-state index contributed by atoms with van der Waals surface area (Å²) in [4.78, 5) is 24.4. The van der Waals surface area contributed by atoms with Gasteiger partial charge in [0.2, 0.25) is 0 Å². The molecule has 0 saturated heterocycles. The normalized spacial score (nSPS) is 48.7. The molecule has 0 spiro atoms. The molecule has 6 atom stereocenters. The minimum absolute atomic E-state index is 0.0808. The van der Waals surface area contributed by atoms with E-state index in [9.17, 15) is 9.59 Å². The molecule has 0 aromatic carbocycles. The molecule has 0 aromatic rings. The van der Waals surface area contributed by atoms with Crippen molar-refractivity contribution in [3.05, 3.63) is 23.8 Å². The third-order valence-electron chi connectivity index (χ3n) is 7.52. The van der Waals surface area contributed by atoms with Crippen molar-refractivity contribution in [2.75, 3.05) is 0 Å². The first-order valence-electron chi connectivity index (χ1n) is 8.82. The number of rotatable bonds is 0. The largest absolute Gasteiger partial charge is 0.301 e. The smallest absolute Gasteiger partial charge is 0.199 e. The van der Waals surface area contributed by atoms with Crippen LogP contribution in [0.25, 0.3) is 0 Å². The van der Waals surface area contributed by atoms with Crippen LogP contribution in [0.2, 0.25) is 0 Å². The van der Waals surface area contributed by atoms with Gasteiger partial charge in [0, 0.05) is 23.2 Å². The summed E-state index contributed by atoms with van der Waals surface area (Å²) in [5.41, 5.74) is 1.10. The lowest BCUT2D eigenvalue weighted by Gasteiger charge is -2.56. The fraction of sp³-hybridized carbons (Fsp3) is 0.650. The zero-order valence-corrected chi connectivity index (χ0v) is 14.2. The molecular weight excluding hydrogens is 286 g/mol. The summed E-state index contributed by atoms with van der Waals surface area (Å²) in [6, 6.07) is 0. The maximum Gasteiger partial charge on any atom is 0.199 e. The van der Waals surface area contributed by atoms with Crippen LogP contribution in [0.3, 0.4) is 0 Å². The van der Waals surface area contributed by atoms with Crippen molar-refractivity contribution in [1.29, 1.82) is 5.41 Å². The van der Waals surface area contributed by atoms with Crippen LogP contribution >= 0.6 is 0 Å². The highest BCUT2D eigenvalue weighted by Crippen LogP contribution is 2.63. The van der Waals surface area contributed by atoms with Crippen molar-refractivity contribution in [2.45, 2.75) is 46.5 Å². The number of fused-ring (bicyclic) bond motifs is 5. The van der Waals surface area contributed by atoms with Crippen molar-refractivity contribution in [3.8, 4) is 0 Å². The molecular formula is C20H25NO2. The standard InChI is InChI=1S/C20H25NO2/c1-11-10-12-13-4-5-16(23)19(13,2)8-6-14(12)20(3)9-7-15(22)18(21)17(11)20/h7,9-10,12-14,17,21H,4-6,8H2,1-3H3/t12-,13-,14-,17?,19-,20+/m0/s1. The van der Waals surface area contributed by atoms with Gasteiger partial charge in [0.25, 0.3) is 0 Å². The van der Waals surface area contributed by atoms with E-state index in [1.165, 1.54) is 0 Å². The average molecular weight is 311 g/mol. The first kappa shape index (κ1) is 15.0. The van der Waals surface area contributed by atoms with Gasteiger partial charge in [0.1, 0.15) is 5.78 Å². The minimum atomic E-state index is -0.151. The summed E-state index contributed by atoms with van der Waals surface area (Å²) in [6.45, 7) is 6.47. The molecule has 0 amide bonds. The monoisotopic (exact) mass is 311 g/mol. The van der Waals surface area contributed by atoms with Crippen LogP contribution in [0.5, 0.6) is 0 Å². The lowest BCUT2D eigenvalue weighted by molar-refractivity contribution is -0.130. The second kappa shape index (κ2) is 4.52. The molecule has 0 heterocycles. The van der Waals surface area contributed by atoms with Crippen molar-refractivity contribution < 1.29 is 9.59 Å². The molecule has 0 radical (unpaired) electrons. The third-order valence-corrected chi connectivity index (χ3v) is 7.52. The number of carbonyl (C=O) groups excluding carboxylic acids is 2. The Kier molecular flexibility index (Phi) is 2.96. The summed E-state index contributed by atoms with van der Waals surface area (Å²) >= 11 is 0. The molecule has 3 heteroatoms. The van der Waals surface area contributed by atoms with E-state index in [-0.39, 0.29) is 28.2 Å². The van der Waals surface area contributed by atoms with Crippen LogP contribution in [-0.2, 0) is 9.59 Å². The fourth-order valence-electron chi connectivity index (χ4n) is 6.28. The SMILES string of the molecule is CC1=C[C@@H]2[C@H](CC[C@]3(C)C(=O)CC[C@@H]23)[C@@]2(C)C=CC(=O)C(=N)C12. The Labute approximate surface area is 137 Å². The van der Waals surface area contributed by atoms with E-state index in [1.54, 1.807) is 6.08 Å². The van der Waals surface area contributed by atoms with E-state index < -0.39 is 0 Å². The second-order valence-corrected chi connectivity index (χ2v) is 8.53. The Morgan fingerprint density at radius 3 is 2.65 bits per heavy atom. The van der Waals surface area contributed by atoms with Gasteiger partial charge in [-0.2, -0.15) is 0 Å². The van der Waals surface area contributed by atoms with E-state index in [4.69, 9.17) is 5.41 Å². The molecule has 0 aromatic heterocycles. The molecule has 4 aliphatic rings. The predicted octanol–water partition coefficient (Wildman–Crippen LogP) is 3.74. The number of carbonyl (C=O) groups is 2. The highest BCUT2D eigenvalue weighted by atomic mass is 16.1. The maximum atomic E-state index is 12.4. The average Bonchev–Trinajstić information content (AvgIpc) is 2.79. The number of ketones is 2. The van der Waals surface area contributed by atoms with Gasteiger partial charge < -0.3 is 5.41 Å². The Bertz CT molecular complexity index is 688. The Hall–Kier alpha value is -1.51. The molecule has 1 N–H and O–H groups in total. The topological polar surface area (TPSA) is 58.0 Å². The summed E-state index contributed by atoms with van der Waals surface area (Å²) in [5, 5.41) is 8.30. The van der Waals surface area contributed by atoms with E-state index >= 15 is 0 Å². The number of nitrogens with one attached hydrogen (secondary N) is 1. The molecule has 4 aliphatic carbocycles. The van der Waals surface area contributed by atoms with Crippen LogP contribution in [-0.4, -0.2) is 17.3 Å². The second-order valence-electron chi connectivity index (χ2n) is 8.53. The molecule has 2 fully saturated rings. The molecule has 23 heavy (non-hydrogen) atoms. The van der Waals surface area contributed by atoms with Crippen LogP contribution in [0, 0.1) is 39.9 Å². The summed E-state index contributed by atoms with van der Waals surface area (Å²) in [6.07, 6.45) is 9.71. The zero-order valence-electron chi connectivity index (χ0n) is 14.2. The van der Waals surface area contributed by atoms with Gasteiger partial charge >= 0.3 is 0 Å². The van der Waals surface area contributed by atoms with Crippen molar-refractivity contribution >= 4 is 17.3 Å². The number of hydrogen-bond acceptors (Lipinski definition) is 3. The fourth-order valence-corrected chi connectivity index (χ4v) is 6.28. The number of allylic oxidation sites excluding steroid dienone is 4. The zero-order chi connectivity index (χ0) is 16.6. The summed E-state index contributed by atoms with van der Waals surface area (Å²) in [5.74, 6) is 1.50. The van der Waals surface area contributed by atoms with Gasteiger partial charge in [0.05, 0.1) is 5.71 Å². The van der Waals surface area contributed by atoms with Crippen molar-refractivity contribution in [1.82, 2.24) is 0 Å². The Balaban J connectivity index is 1.83. The van der Waals surface area contributed by atoms with Gasteiger partial charge in [-0.1, -0.05) is 31.6 Å². The molecule has 2 saturated carbocycles. The molecule has 0 bridgehead atoms. The number of Topliss-reactive ketones (excluding diaryl/α,β-unsaturated/α-hetero) is 1. The van der Waals surface area contributed by atoms with Gasteiger partial charge in [0.15, 0.2) is 5.78 Å². The van der Waals surface area contributed by atoms with Crippen LogP contribution in [0.15, 0.2) is 23.8 Å². The summed E-state index contributed by atoms with van der Waals surface area (Å²) in [7, 11) is 0. The third kappa shape index (κ3) is 1.74. The van der Waals surface area contributed by atoms with Gasteiger partial charge in [-0.3, -0.25) is 9.59 Å². The first-order chi connectivity index (χ1) is 10.8. The minimum Gasteiger partial charge on any atom is -0.301 e. The van der Waals surface area contributed by atoms with E-state index in [0.29, 0.717) is 23.5 Å². The molecule has 122 valence electrons. The van der Waals surface area contributed by atoms with Gasteiger partial charge in [-0.25, -0.2) is 0 Å².